The number of carbonyl (C=O) groups is 2. The van der Waals surface area contributed by atoms with E-state index in [1.54, 1.807) is 0 Å². The first-order valence-corrected chi connectivity index (χ1v) is 7.73. The summed E-state index contributed by atoms with van der Waals surface area (Å²) < 4.78 is 75.6. The highest BCUT2D eigenvalue weighted by Crippen LogP contribution is 2.27. The highest BCUT2D eigenvalue weighted by atomic mass is 79.9. The number of carboxylic acids is 2. The number of halogens is 7. The summed E-state index contributed by atoms with van der Waals surface area (Å²) in [6, 6.07) is 3.14. The van der Waals surface area contributed by atoms with Crippen LogP contribution in [0.5, 0.6) is 0 Å². The maximum absolute atomic E-state index is 13.0. The molecule has 2 rings (SSSR count). The molecule has 0 bridgehead atoms. The largest absolute Gasteiger partial charge is 0.481 e. The van der Waals surface area contributed by atoms with Gasteiger partial charge in [0.25, 0.3) is 0 Å². The van der Waals surface area contributed by atoms with Crippen molar-refractivity contribution in [3.63, 3.8) is 0 Å². The van der Waals surface area contributed by atoms with E-state index in [-0.39, 0.29) is 5.56 Å². The fraction of sp³-hybridized carbons (Fsp3) is 0.125. The number of benzene rings is 2. The SMILES string of the molecule is O=C(O)C(Br)c1ccc(F)c(F)c1F.O=C(O)Cc1ccc(F)c(F)c1F. The molecule has 0 saturated carbocycles. The lowest BCUT2D eigenvalue weighted by Crippen LogP contribution is -2.08. The molecule has 0 aliphatic carbocycles. The third-order valence-corrected chi connectivity index (χ3v) is 3.90. The van der Waals surface area contributed by atoms with Crippen LogP contribution in [0, 0.1) is 34.9 Å². The number of rotatable bonds is 4. The standard InChI is InChI=1S/C8H4BrF3O2.C8H5F3O2/c9-5(8(13)14)3-1-2-4(10)7(12)6(3)11;9-5-2-1-4(3-6(12)13)7(10)8(5)11/h1-2,5H,(H,13,14);1-2H,3H2,(H,12,13). The van der Waals surface area contributed by atoms with E-state index in [0.717, 1.165) is 12.1 Å². The molecule has 11 heteroatoms. The van der Waals surface area contributed by atoms with E-state index in [1.165, 1.54) is 0 Å². The number of hydrogen-bond acceptors (Lipinski definition) is 2. The van der Waals surface area contributed by atoms with E-state index in [2.05, 4.69) is 15.9 Å². The lowest BCUT2D eigenvalue weighted by atomic mass is 10.1. The molecule has 0 aliphatic heterocycles. The van der Waals surface area contributed by atoms with Crippen LogP contribution in [0.15, 0.2) is 24.3 Å². The van der Waals surface area contributed by atoms with Gasteiger partial charge in [-0.25, -0.2) is 26.3 Å². The minimum Gasteiger partial charge on any atom is -0.481 e. The number of aliphatic carboxylic acids is 2. The van der Waals surface area contributed by atoms with Crippen LogP contribution in [0.25, 0.3) is 0 Å². The predicted octanol–water partition coefficient (Wildman–Crippen LogP) is 4.36. The van der Waals surface area contributed by atoms with Gasteiger partial charge < -0.3 is 10.2 Å². The van der Waals surface area contributed by atoms with Crippen molar-refractivity contribution in [3.05, 3.63) is 70.3 Å². The minimum atomic E-state index is -1.67. The molecule has 4 nitrogen and oxygen atoms in total. The smallest absolute Gasteiger partial charge is 0.321 e. The lowest BCUT2D eigenvalue weighted by Gasteiger charge is -2.06. The topological polar surface area (TPSA) is 74.6 Å². The Morgan fingerprint density at radius 2 is 1.30 bits per heavy atom. The number of alkyl halides is 1. The second-order valence-corrected chi connectivity index (χ2v) is 5.79. The molecule has 0 amide bonds. The van der Waals surface area contributed by atoms with Crippen molar-refractivity contribution in [1.82, 2.24) is 0 Å². The average Bonchev–Trinajstić information content (AvgIpc) is 2.60. The molecule has 1 unspecified atom stereocenters. The zero-order valence-electron chi connectivity index (χ0n) is 13.0. The average molecular weight is 459 g/mol. The maximum atomic E-state index is 13.0. The Balaban J connectivity index is 0.000000271. The Hall–Kier alpha value is -2.56. The van der Waals surface area contributed by atoms with Crippen molar-refractivity contribution in [2.45, 2.75) is 11.2 Å². The molecule has 0 saturated heterocycles. The summed E-state index contributed by atoms with van der Waals surface area (Å²) >= 11 is 2.63. The third-order valence-electron chi connectivity index (χ3n) is 3.01. The summed E-state index contributed by atoms with van der Waals surface area (Å²) in [6.45, 7) is 0. The summed E-state index contributed by atoms with van der Waals surface area (Å²) in [5.41, 5.74) is -0.817. The fourth-order valence-corrected chi connectivity index (χ4v) is 2.09. The highest BCUT2D eigenvalue weighted by Gasteiger charge is 2.23. The summed E-state index contributed by atoms with van der Waals surface area (Å²) in [5.74, 6) is -11.6. The fourth-order valence-electron chi connectivity index (χ4n) is 1.73. The van der Waals surface area contributed by atoms with E-state index in [1.807, 2.05) is 0 Å². The predicted molar refractivity (Wildman–Crippen MR) is 83.3 cm³/mol. The Kier molecular flexibility index (Phi) is 7.82. The Morgan fingerprint density at radius 3 is 1.78 bits per heavy atom. The van der Waals surface area contributed by atoms with Crippen LogP contribution in [0.3, 0.4) is 0 Å². The molecular weight excluding hydrogens is 450 g/mol. The van der Waals surface area contributed by atoms with Crippen LogP contribution in [0.4, 0.5) is 26.3 Å². The molecule has 1 atom stereocenters. The Labute approximate surface area is 156 Å². The van der Waals surface area contributed by atoms with E-state index < -0.39 is 63.7 Å². The zero-order chi connectivity index (χ0) is 20.9. The summed E-state index contributed by atoms with van der Waals surface area (Å²) in [7, 11) is 0. The maximum Gasteiger partial charge on any atom is 0.321 e. The van der Waals surface area contributed by atoms with Crippen LogP contribution < -0.4 is 0 Å². The summed E-state index contributed by atoms with van der Waals surface area (Å²) in [6.07, 6.45) is -0.664. The van der Waals surface area contributed by atoms with Gasteiger partial charge in [0.15, 0.2) is 34.9 Å². The van der Waals surface area contributed by atoms with Crippen molar-refractivity contribution >= 4 is 27.9 Å². The van der Waals surface area contributed by atoms with Gasteiger partial charge in [0, 0.05) is 11.1 Å². The van der Waals surface area contributed by atoms with Gasteiger partial charge in [0.1, 0.15) is 4.83 Å². The van der Waals surface area contributed by atoms with Gasteiger partial charge in [-0.2, -0.15) is 0 Å². The molecule has 0 fully saturated rings. The van der Waals surface area contributed by atoms with Gasteiger partial charge in [0.05, 0.1) is 6.42 Å². The monoisotopic (exact) mass is 458 g/mol. The summed E-state index contributed by atoms with van der Waals surface area (Å²) in [5, 5.41) is 16.8. The molecule has 0 radical (unpaired) electrons. The van der Waals surface area contributed by atoms with Crippen molar-refractivity contribution in [2.75, 3.05) is 0 Å². The van der Waals surface area contributed by atoms with E-state index in [0.29, 0.717) is 12.1 Å². The number of carboxylic acid groups (broad SMARTS) is 2. The van der Waals surface area contributed by atoms with Crippen LogP contribution in [0.2, 0.25) is 0 Å². The van der Waals surface area contributed by atoms with Gasteiger partial charge in [-0.1, -0.05) is 28.1 Å². The van der Waals surface area contributed by atoms with E-state index in [4.69, 9.17) is 10.2 Å². The van der Waals surface area contributed by atoms with Gasteiger partial charge in [-0.15, -0.1) is 0 Å². The molecule has 27 heavy (non-hydrogen) atoms. The molecule has 0 spiro atoms. The normalized spacial score (nSPS) is 11.4. The van der Waals surface area contributed by atoms with E-state index >= 15 is 0 Å². The number of hydrogen-bond donors (Lipinski definition) is 2. The lowest BCUT2D eigenvalue weighted by molar-refractivity contribution is -0.137. The molecule has 146 valence electrons. The Bertz CT molecular complexity index is 874. The Morgan fingerprint density at radius 1 is 0.815 bits per heavy atom. The summed E-state index contributed by atoms with van der Waals surface area (Å²) in [4.78, 5) is 19.2. The zero-order valence-corrected chi connectivity index (χ0v) is 14.5. The quantitative estimate of drug-likeness (QED) is 0.405. The van der Waals surface area contributed by atoms with Crippen molar-refractivity contribution in [3.8, 4) is 0 Å². The molecule has 0 heterocycles. The first-order valence-electron chi connectivity index (χ1n) is 6.81. The van der Waals surface area contributed by atoms with Crippen molar-refractivity contribution in [1.29, 1.82) is 0 Å². The molecule has 0 aromatic heterocycles. The first-order chi connectivity index (χ1) is 12.5. The minimum absolute atomic E-state index is 0.369. The van der Waals surface area contributed by atoms with Crippen LogP contribution >= 0.6 is 15.9 Å². The van der Waals surface area contributed by atoms with Gasteiger partial charge >= 0.3 is 11.9 Å². The first kappa shape index (κ1) is 22.5. The van der Waals surface area contributed by atoms with Crippen LogP contribution in [0.1, 0.15) is 16.0 Å². The van der Waals surface area contributed by atoms with Crippen LogP contribution in [-0.2, 0) is 16.0 Å². The molecule has 2 aromatic carbocycles. The van der Waals surface area contributed by atoms with E-state index in [9.17, 15) is 35.9 Å². The second-order valence-electron chi connectivity index (χ2n) is 4.87. The molecule has 0 aliphatic rings. The highest BCUT2D eigenvalue weighted by molar-refractivity contribution is 9.09. The molecule has 2 N–H and O–H groups in total. The molecular formula is C16H9BrF6O4. The van der Waals surface area contributed by atoms with Gasteiger partial charge in [-0.3, -0.25) is 9.59 Å². The third kappa shape index (κ3) is 5.71. The van der Waals surface area contributed by atoms with Crippen molar-refractivity contribution < 1.29 is 46.1 Å². The van der Waals surface area contributed by atoms with Gasteiger partial charge in [-0.05, 0) is 12.1 Å². The second kappa shape index (κ2) is 9.40. The van der Waals surface area contributed by atoms with Gasteiger partial charge in [0.2, 0.25) is 0 Å². The van der Waals surface area contributed by atoms with Crippen molar-refractivity contribution in [2.24, 2.45) is 0 Å². The molecule has 2 aromatic rings. The van der Waals surface area contributed by atoms with Crippen LogP contribution in [-0.4, -0.2) is 22.2 Å².